The second kappa shape index (κ2) is 47.6. The maximum absolute atomic E-state index is 13.2. The number of carbonyl (C=O) groups excluding carboxylic acids is 1. The molecule has 1 aliphatic rings. The van der Waals surface area contributed by atoms with Crippen LogP contribution in [0.15, 0.2) is 24.3 Å². The first-order valence-corrected chi connectivity index (χ1v) is 29.2. The zero-order chi connectivity index (χ0) is 50.4. The van der Waals surface area contributed by atoms with Gasteiger partial charge < -0.3 is 50.5 Å². The molecule has 11 nitrogen and oxygen atoms in total. The number of allylic oxidation sites excluding steroid dienone is 4. The third kappa shape index (κ3) is 36.2. The van der Waals surface area contributed by atoms with Crippen molar-refractivity contribution < 1.29 is 50.0 Å². The van der Waals surface area contributed by atoms with Crippen LogP contribution >= 0.6 is 0 Å². The van der Waals surface area contributed by atoms with Crippen LogP contribution in [0.1, 0.15) is 271 Å². The number of hydrogen-bond acceptors (Lipinski definition) is 10. The molecule has 9 unspecified atom stereocenters. The SMILES string of the molecule is CCCCCCCCCCCCCCCCC/C=C/CC/C=C/CCCC(O)C(O)C(COC1OC(CO)C(O)C(O)C1O)NC(=O)C(O)CCCCCCCCCCCCCCCCCCCC. The molecule has 9 atom stereocenters. The first kappa shape index (κ1) is 65.6. The smallest absolute Gasteiger partial charge is 0.249 e. The van der Waals surface area contributed by atoms with Crippen molar-refractivity contribution in [3.8, 4) is 0 Å². The molecule has 1 aliphatic heterocycles. The molecule has 11 heteroatoms. The molecule has 0 aliphatic carbocycles. The standard InChI is InChI=1S/C58H111NO10/c1-3-5-7-9-11-13-15-17-19-21-23-24-25-26-27-28-30-31-33-35-37-39-41-43-45-50(61)53(63)49(48-68-58-56(66)55(65)54(64)52(47-60)69-58)59-57(67)51(62)46-44-42-40-38-36-34-32-29-22-20-18-16-14-12-10-8-6-4-2/h30-31,37,39,49-56,58,60-66H,3-29,32-36,38,40-48H2,1-2H3,(H,59,67)/b31-30+,39-37+. The highest BCUT2D eigenvalue weighted by atomic mass is 16.7. The summed E-state index contributed by atoms with van der Waals surface area (Å²) < 4.78 is 11.1. The van der Waals surface area contributed by atoms with Crippen molar-refractivity contribution in [3.63, 3.8) is 0 Å². The normalized spacial score (nSPS) is 20.5. The van der Waals surface area contributed by atoms with E-state index in [4.69, 9.17) is 9.47 Å². The van der Waals surface area contributed by atoms with Gasteiger partial charge in [-0.3, -0.25) is 4.79 Å². The minimum Gasteiger partial charge on any atom is -0.394 e. The molecule has 8 N–H and O–H groups in total. The zero-order valence-corrected chi connectivity index (χ0v) is 44.6. The molecule has 1 rings (SSSR count). The van der Waals surface area contributed by atoms with Crippen LogP contribution in [0.3, 0.4) is 0 Å². The lowest BCUT2D eigenvalue weighted by Gasteiger charge is -2.40. The van der Waals surface area contributed by atoms with E-state index in [1.165, 1.54) is 186 Å². The highest BCUT2D eigenvalue weighted by Gasteiger charge is 2.44. The van der Waals surface area contributed by atoms with E-state index in [9.17, 15) is 40.5 Å². The van der Waals surface area contributed by atoms with Gasteiger partial charge in [0.05, 0.1) is 25.4 Å². The molecule has 1 saturated heterocycles. The predicted octanol–water partition coefficient (Wildman–Crippen LogP) is 12.1. The van der Waals surface area contributed by atoms with Crippen LogP contribution < -0.4 is 5.32 Å². The number of nitrogens with one attached hydrogen (secondary N) is 1. The summed E-state index contributed by atoms with van der Waals surface area (Å²) in [6.45, 7) is 3.47. The van der Waals surface area contributed by atoms with E-state index in [-0.39, 0.29) is 12.8 Å². The molecule has 408 valence electrons. The number of unbranched alkanes of at least 4 members (excludes halogenated alkanes) is 34. The Morgan fingerprint density at radius 3 is 1.29 bits per heavy atom. The third-order valence-electron chi connectivity index (χ3n) is 14.2. The first-order valence-electron chi connectivity index (χ1n) is 29.2. The van der Waals surface area contributed by atoms with Gasteiger partial charge in [-0.25, -0.2) is 0 Å². The number of aliphatic hydroxyl groups excluding tert-OH is 7. The Bertz CT molecular complexity index is 1170. The lowest BCUT2D eigenvalue weighted by atomic mass is 9.98. The predicted molar refractivity (Wildman–Crippen MR) is 284 cm³/mol. The Kier molecular flexibility index (Phi) is 45.2. The Balaban J connectivity index is 2.34. The van der Waals surface area contributed by atoms with E-state index in [1.54, 1.807) is 0 Å². The van der Waals surface area contributed by atoms with Gasteiger partial charge in [0.1, 0.15) is 36.6 Å². The average Bonchev–Trinajstić information content (AvgIpc) is 3.35. The summed E-state index contributed by atoms with van der Waals surface area (Å²) in [5.41, 5.74) is 0. The van der Waals surface area contributed by atoms with Gasteiger partial charge in [-0.15, -0.1) is 0 Å². The van der Waals surface area contributed by atoms with Crippen LogP contribution in [0.4, 0.5) is 0 Å². The van der Waals surface area contributed by atoms with Crippen LogP contribution in [0.25, 0.3) is 0 Å². The fourth-order valence-electron chi connectivity index (χ4n) is 9.46. The van der Waals surface area contributed by atoms with E-state index in [2.05, 4.69) is 43.5 Å². The van der Waals surface area contributed by atoms with Gasteiger partial charge in [0, 0.05) is 0 Å². The van der Waals surface area contributed by atoms with Crippen LogP contribution in [-0.4, -0.2) is 110 Å². The zero-order valence-electron chi connectivity index (χ0n) is 44.6. The summed E-state index contributed by atoms with van der Waals surface area (Å²) in [5.74, 6) is -0.706. The maximum Gasteiger partial charge on any atom is 0.249 e. The lowest BCUT2D eigenvalue weighted by Crippen LogP contribution is -2.60. The number of carbonyl (C=O) groups is 1. The number of aliphatic hydroxyl groups is 7. The van der Waals surface area contributed by atoms with Crippen molar-refractivity contribution >= 4 is 5.91 Å². The highest BCUT2D eigenvalue weighted by molar-refractivity contribution is 5.80. The van der Waals surface area contributed by atoms with Gasteiger partial charge in [-0.1, -0.05) is 244 Å². The Hall–Kier alpha value is -1.41. The monoisotopic (exact) mass is 982 g/mol. The Morgan fingerprint density at radius 1 is 0.493 bits per heavy atom. The van der Waals surface area contributed by atoms with Crippen LogP contribution in [0.5, 0.6) is 0 Å². The molecule has 1 amide bonds. The summed E-state index contributed by atoms with van der Waals surface area (Å²) in [5, 5.41) is 76.1. The van der Waals surface area contributed by atoms with Gasteiger partial charge in [0.15, 0.2) is 6.29 Å². The topological polar surface area (TPSA) is 189 Å². The second-order valence-corrected chi connectivity index (χ2v) is 20.7. The molecule has 0 spiro atoms. The minimum atomic E-state index is -1.67. The third-order valence-corrected chi connectivity index (χ3v) is 14.2. The Labute approximate surface area is 423 Å². The molecule has 69 heavy (non-hydrogen) atoms. The van der Waals surface area contributed by atoms with Gasteiger partial charge in [-0.05, 0) is 51.4 Å². The van der Waals surface area contributed by atoms with Crippen molar-refractivity contribution in [2.75, 3.05) is 13.2 Å². The van der Waals surface area contributed by atoms with Crippen molar-refractivity contribution in [3.05, 3.63) is 24.3 Å². The summed E-state index contributed by atoms with van der Waals surface area (Å²) in [7, 11) is 0. The molecule has 0 bridgehead atoms. The molecular formula is C58H111NO10. The van der Waals surface area contributed by atoms with E-state index >= 15 is 0 Å². The van der Waals surface area contributed by atoms with E-state index < -0.39 is 74.2 Å². The molecule has 0 radical (unpaired) electrons. The number of rotatable bonds is 50. The van der Waals surface area contributed by atoms with Crippen molar-refractivity contribution in [1.29, 1.82) is 0 Å². The molecule has 0 saturated carbocycles. The summed E-state index contributed by atoms with van der Waals surface area (Å²) in [6.07, 6.45) is 45.2. The number of ether oxygens (including phenoxy) is 2. The molecule has 1 fully saturated rings. The average molecular weight is 983 g/mol. The van der Waals surface area contributed by atoms with Crippen molar-refractivity contribution in [2.24, 2.45) is 0 Å². The fraction of sp³-hybridized carbons (Fsp3) is 0.914. The van der Waals surface area contributed by atoms with Gasteiger partial charge in [0.2, 0.25) is 5.91 Å². The molecule has 0 aromatic heterocycles. The van der Waals surface area contributed by atoms with E-state index in [0.29, 0.717) is 19.3 Å². The fourth-order valence-corrected chi connectivity index (χ4v) is 9.46. The summed E-state index contributed by atoms with van der Waals surface area (Å²) >= 11 is 0. The maximum atomic E-state index is 13.2. The van der Waals surface area contributed by atoms with Gasteiger partial charge in [-0.2, -0.15) is 0 Å². The minimum absolute atomic E-state index is 0.249. The summed E-state index contributed by atoms with van der Waals surface area (Å²) in [6, 6.07) is -1.19. The van der Waals surface area contributed by atoms with Gasteiger partial charge in [0.25, 0.3) is 0 Å². The Morgan fingerprint density at radius 2 is 0.870 bits per heavy atom. The number of hydrogen-bond donors (Lipinski definition) is 8. The van der Waals surface area contributed by atoms with Crippen LogP contribution in [0, 0.1) is 0 Å². The van der Waals surface area contributed by atoms with E-state index in [0.717, 1.165) is 38.5 Å². The van der Waals surface area contributed by atoms with Crippen molar-refractivity contribution in [1.82, 2.24) is 5.32 Å². The van der Waals surface area contributed by atoms with Crippen molar-refractivity contribution in [2.45, 2.75) is 326 Å². The van der Waals surface area contributed by atoms with Crippen LogP contribution in [-0.2, 0) is 14.3 Å². The molecular weight excluding hydrogens is 871 g/mol. The summed E-state index contributed by atoms with van der Waals surface area (Å²) in [4.78, 5) is 13.2. The molecule has 1 heterocycles. The first-order chi connectivity index (χ1) is 33.7. The largest absolute Gasteiger partial charge is 0.394 e. The van der Waals surface area contributed by atoms with Gasteiger partial charge >= 0.3 is 0 Å². The molecule has 0 aromatic carbocycles. The number of amides is 1. The lowest BCUT2D eigenvalue weighted by molar-refractivity contribution is -0.303. The second-order valence-electron chi connectivity index (χ2n) is 20.7. The van der Waals surface area contributed by atoms with Crippen LogP contribution in [0.2, 0.25) is 0 Å². The quantitative estimate of drug-likeness (QED) is 0.0215. The van der Waals surface area contributed by atoms with E-state index in [1.807, 2.05) is 0 Å². The molecule has 0 aromatic rings. The highest BCUT2D eigenvalue weighted by Crippen LogP contribution is 2.23.